The van der Waals surface area contributed by atoms with Crippen LogP contribution in [0.2, 0.25) is 5.02 Å². The van der Waals surface area contributed by atoms with Crippen LogP contribution in [0.5, 0.6) is 11.5 Å². The lowest BCUT2D eigenvalue weighted by molar-refractivity contribution is -0.119. The molecule has 0 saturated heterocycles. The highest BCUT2D eigenvalue weighted by Crippen LogP contribution is 2.56. The summed E-state index contributed by atoms with van der Waals surface area (Å²) >= 11 is 8.54. The Labute approximate surface area is 286 Å². The van der Waals surface area contributed by atoms with E-state index in [0.717, 1.165) is 62.9 Å². The maximum Gasteiger partial charge on any atom is 0.174 e. The van der Waals surface area contributed by atoms with Gasteiger partial charge in [0, 0.05) is 52.4 Å². The molecule has 0 aromatic heterocycles. The summed E-state index contributed by atoms with van der Waals surface area (Å²) in [5.74, 6) is 1.23. The highest BCUT2D eigenvalue weighted by Gasteiger charge is 2.50. The van der Waals surface area contributed by atoms with Crippen molar-refractivity contribution < 1.29 is 19.1 Å². The Balaban J connectivity index is 1.51. The van der Waals surface area contributed by atoms with E-state index in [9.17, 15) is 9.59 Å². The third kappa shape index (κ3) is 6.60. The van der Waals surface area contributed by atoms with Crippen molar-refractivity contribution >= 4 is 45.8 Å². The van der Waals surface area contributed by atoms with Crippen molar-refractivity contribution in [1.29, 1.82) is 0 Å². The summed E-state index contributed by atoms with van der Waals surface area (Å²) in [7, 11) is 0. The average molecular weight is 742 g/mol. The van der Waals surface area contributed by atoms with Gasteiger partial charge in [-0.15, -0.1) is 0 Å². The molecular weight excluding hydrogens is 697 g/mol. The second-order valence-electron chi connectivity index (χ2n) is 14.9. The van der Waals surface area contributed by atoms with Crippen LogP contribution in [0.1, 0.15) is 109 Å². The fourth-order valence-corrected chi connectivity index (χ4v) is 9.04. The lowest BCUT2D eigenvalue weighted by atomic mass is 9.63. The van der Waals surface area contributed by atoms with Crippen molar-refractivity contribution in [3.8, 4) is 11.5 Å². The molecule has 2 aromatic rings. The van der Waals surface area contributed by atoms with E-state index >= 15 is 0 Å². The number of benzene rings is 2. The first kappa shape index (κ1) is 32.6. The van der Waals surface area contributed by atoms with E-state index in [2.05, 4.69) is 61.3 Å². The highest BCUT2D eigenvalue weighted by atomic mass is 127. The number of carbonyl (C=O) groups excluding carboxylic acids is 2. The molecule has 0 amide bonds. The molecule has 0 radical (unpaired) electrons. The van der Waals surface area contributed by atoms with Crippen LogP contribution in [0.3, 0.4) is 0 Å². The number of ketones is 2. The van der Waals surface area contributed by atoms with E-state index < -0.39 is 5.92 Å². The minimum absolute atomic E-state index is 0.136. The van der Waals surface area contributed by atoms with Crippen LogP contribution < -0.4 is 9.47 Å². The van der Waals surface area contributed by atoms with Gasteiger partial charge in [-0.1, -0.05) is 70.7 Å². The molecule has 0 spiro atoms. The fourth-order valence-electron chi connectivity index (χ4n) is 8.05. The van der Waals surface area contributed by atoms with Crippen LogP contribution in [0.4, 0.5) is 0 Å². The third-order valence-corrected chi connectivity index (χ3v) is 10.9. The van der Waals surface area contributed by atoms with Crippen molar-refractivity contribution in [2.75, 3.05) is 6.61 Å². The van der Waals surface area contributed by atoms with Gasteiger partial charge in [0.1, 0.15) is 6.61 Å². The molecule has 1 heterocycles. The van der Waals surface area contributed by atoms with E-state index in [1.165, 1.54) is 19.3 Å². The molecule has 1 fully saturated rings. The number of hydrogen-bond donors (Lipinski definition) is 0. The summed E-state index contributed by atoms with van der Waals surface area (Å²) in [5, 5.41) is 0.666. The minimum Gasteiger partial charge on any atom is -0.490 e. The van der Waals surface area contributed by atoms with Gasteiger partial charge < -0.3 is 14.4 Å². The van der Waals surface area contributed by atoms with Gasteiger partial charge in [-0.2, -0.15) is 0 Å². The minimum atomic E-state index is -0.406. The van der Waals surface area contributed by atoms with Crippen molar-refractivity contribution in [1.82, 2.24) is 4.90 Å². The SMILES string of the molecule is CCOc1cc(C2C3=C(CC(C)(C)CC3=O)N(C3CCCCC3)C3=C2C(=O)CC(C)(C)C3)cc(I)c1OCc1cccc(Cl)c1. The first-order valence-corrected chi connectivity index (χ1v) is 18.0. The highest BCUT2D eigenvalue weighted by molar-refractivity contribution is 14.1. The molecule has 0 bridgehead atoms. The van der Waals surface area contributed by atoms with Crippen LogP contribution in [0.25, 0.3) is 0 Å². The number of Topliss-reactive ketones (excluding diaryl/α,β-unsaturated/α-hetero) is 2. The molecule has 3 aliphatic carbocycles. The molecule has 1 saturated carbocycles. The van der Waals surface area contributed by atoms with Crippen molar-refractivity contribution in [2.45, 2.75) is 111 Å². The lowest BCUT2D eigenvalue weighted by Gasteiger charge is -2.52. The van der Waals surface area contributed by atoms with E-state index in [0.29, 0.717) is 48.6 Å². The molecule has 4 aliphatic rings. The van der Waals surface area contributed by atoms with Crippen LogP contribution in [0.15, 0.2) is 58.9 Å². The number of halogens is 2. The molecule has 0 unspecified atom stereocenters. The Kier molecular flexibility index (Phi) is 9.21. The zero-order valence-corrected chi connectivity index (χ0v) is 30.1. The van der Waals surface area contributed by atoms with Gasteiger partial charge in [0.25, 0.3) is 0 Å². The maximum atomic E-state index is 14.3. The topological polar surface area (TPSA) is 55.8 Å². The average Bonchev–Trinajstić information content (AvgIpc) is 2.95. The zero-order valence-electron chi connectivity index (χ0n) is 27.2. The third-order valence-electron chi connectivity index (χ3n) is 9.83. The molecule has 0 atom stereocenters. The first-order valence-electron chi connectivity index (χ1n) is 16.5. The Morgan fingerprint density at radius 2 is 1.49 bits per heavy atom. The Bertz CT molecular complexity index is 1530. The normalized spacial score (nSPS) is 22.0. The predicted molar refractivity (Wildman–Crippen MR) is 188 cm³/mol. The smallest absolute Gasteiger partial charge is 0.174 e. The van der Waals surface area contributed by atoms with Crippen LogP contribution in [-0.2, 0) is 16.2 Å². The zero-order chi connectivity index (χ0) is 32.1. The molecule has 5 nitrogen and oxygen atoms in total. The Hall–Kier alpha value is -2.32. The number of rotatable bonds is 7. The number of ether oxygens (including phenoxy) is 2. The largest absolute Gasteiger partial charge is 0.490 e. The van der Waals surface area contributed by atoms with E-state index in [1.54, 1.807) is 0 Å². The van der Waals surface area contributed by atoms with Gasteiger partial charge >= 0.3 is 0 Å². The summed E-state index contributed by atoms with van der Waals surface area (Å²) in [6.07, 6.45) is 8.49. The summed E-state index contributed by atoms with van der Waals surface area (Å²) < 4.78 is 13.4. The quantitative estimate of drug-likeness (QED) is 0.265. The first-order chi connectivity index (χ1) is 21.4. The summed E-state index contributed by atoms with van der Waals surface area (Å²) in [4.78, 5) is 31.2. The maximum absolute atomic E-state index is 14.3. The monoisotopic (exact) mass is 741 g/mol. The van der Waals surface area contributed by atoms with Gasteiger partial charge in [-0.05, 0) is 101 Å². The molecular formula is C38H45ClINO4. The van der Waals surface area contributed by atoms with E-state index in [4.69, 9.17) is 21.1 Å². The van der Waals surface area contributed by atoms with Gasteiger partial charge in [0.15, 0.2) is 23.1 Å². The van der Waals surface area contributed by atoms with Crippen LogP contribution in [-0.4, -0.2) is 29.1 Å². The van der Waals surface area contributed by atoms with Crippen LogP contribution in [0, 0.1) is 14.4 Å². The Morgan fingerprint density at radius 3 is 2.07 bits per heavy atom. The van der Waals surface area contributed by atoms with Gasteiger partial charge in [0.2, 0.25) is 0 Å². The summed E-state index contributed by atoms with van der Waals surface area (Å²) in [5.41, 5.74) is 5.61. The van der Waals surface area contributed by atoms with Crippen molar-refractivity contribution in [3.05, 3.63) is 78.7 Å². The molecule has 6 rings (SSSR count). The lowest BCUT2D eigenvalue weighted by Crippen LogP contribution is -2.48. The molecule has 7 heteroatoms. The molecule has 0 N–H and O–H groups in total. The summed E-state index contributed by atoms with van der Waals surface area (Å²) in [6, 6.07) is 12.1. The molecule has 2 aromatic carbocycles. The van der Waals surface area contributed by atoms with Gasteiger partial charge in [0.05, 0.1) is 10.2 Å². The number of hydrogen-bond acceptors (Lipinski definition) is 5. The molecule has 1 aliphatic heterocycles. The van der Waals surface area contributed by atoms with E-state index in [1.807, 2.05) is 37.3 Å². The number of carbonyl (C=O) groups is 2. The fraction of sp³-hybridized carbons (Fsp3) is 0.526. The van der Waals surface area contributed by atoms with E-state index in [-0.39, 0.29) is 22.4 Å². The predicted octanol–water partition coefficient (Wildman–Crippen LogP) is 9.94. The Morgan fingerprint density at radius 1 is 0.867 bits per heavy atom. The molecule has 240 valence electrons. The van der Waals surface area contributed by atoms with Gasteiger partial charge in [-0.25, -0.2) is 0 Å². The number of allylic oxidation sites excluding steroid dienone is 4. The van der Waals surface area contributed by atoms with Gasteiger partial charge in [-0.3, -0.25) is 9.59 Å². The standard InChI is InChI=1S/C38H45ClINO4/c1-6-44-32-17-24(16-27(40)36(32)45-22-23-11-10-12-25(39)15-23)33-34-28(18-37(2,3)20-30(34)42)41(26-13-8-7-9-14-26)29-19-38(4,5)21-31(43)35(29)33/h10-12,15-17,26,33H,6-9,13-14,18-22H2,1-5H3. The second-order valence-corrected chi connectivity index (χ2v) is 16.5. The second kappa shape index (κ2) is 12.7. The molecule has 45 heavy (non-hydrogen) atoms. The summed E-state index contributed by atoms with van der Waals surface area (Å²) in [6.45, 7) is 11.6. The van der Waals surface area contributed by atoms with Crippen molar-refractivity contribution in [2.24, 2.45) is 10.8 Å². The van der Waals surface area contributed by atoms with Crippen LogP contribution >= 0.6 is 34.2 Å². The van der Waals surface area contributed by atoms with Crippen molar-refractivity contribution in [3.63, 3.8) is 0 Å². The number of nitrogens with zero attached hydrogens (tertiary/aromatic N) is 1.